The summed E-state index contributed by atoms with van der Waals surface area (Å²) < 4.78 is 0. The van der Waals surface area contributed by atoms with Crippen molar-refractivity contribution in [1.29, 1.82) is 0 Å². The normalized spacial score (nSPS) is 15.1. The van der Waals surface area contributed by atoms with Crippen LogP contribution in [-0.2, 0) is 0 Å². The van der Waals surface area contributed by atoms with Gasteiger partial charge in [0.15, 0.2) is 0 Å². The van der Waals surface area contributed by atoms with E-state index in [1.807, 2.05) is 0 Å². The van der Waals surface area contributed by atoms with Crippen LogP contribution in [-0.4, -0.2) is 0 Å². The highest BCUT2D eigenvalue weighted by atomic mass is 14.6. The number of benzene rings is 1. The summed E-state index contributed by atoms with van der Waals surface area (Å²) in [5, 5.41) is 0. The molecule has 2 unspecified atom stereocenters. The third-order valence-electron chi connectivity index (χ3n) is 2.82. The summed E-state index contributed by atoms with van der Waals surface area (Å²) in [5.41, 5.74) is 8.73. The molecular formula is C13H21N. The van der Waals surface area contributed by atoms with Gasteiger partial charge >= 0.3 is 0 Å². The van der Waals surface area contributed by atoms with Crippen LogP contribution in [0.3, 0.4) is 0 Å². The van der Waals surface area contributed by atoms with E-state index in [1.165, 1.54) is 24.0 Å². The van der Waals surface area contributed by atoms with Gasteiger partial charge in [0, 0.05) is 6.04 Å². The van der Waals surface area contributed by atoms with Crippen molar-refractivity contribution in [2.45, 2.75) is 39.7 Å². The first-order valence-electron chi connectivity index (χ1n) is 5.47. The first-order chi connectivity index (χ1) is 6.65. The molecule has 0 bridgehead atoms. The second-order valence-corrected chi connectivity index (χ2v) is 4.20. The Balaban J connectivity index is 2.68. The second-order valence-electron chi connectivity index (χ2n) is 4.20. The zero-order valence-corrected chi connectivity index (χ0v) is 9.46. The maximum absolute atomic E-state index is 6.17. The Morgan fingerprint density at radius 3 is 2.29 bits per heavy atom. The van der Waals surface area contributed by atoms with E-state index in [4.69, 9.17) is 5.73 Å². The summed E-state index contributed by atoms with van der Waals surface area (Å²) in [6.07, 6.45) is 2.41. The van der Waals surface area contributed by atoms with Crippen LogP contribution in [0, 0.1) is 12.8 Å². The lowest BCUT2D eigenvalue weighted by molar-refractivity contribution is 0.433. The van der Waals surface area contributed by atoms with Gasteiger partial charge in [0.05, 0.1) is 0 Å². The maximum Gasteiger partial charge on any atom is 0.0320 e. The standard InChI is InChI=1S/C13H21N/c1-4-5-11(3)13(14)12-8-6-10(2)7-9-12/h6-9,11,13H,4-5,14H2,1-3H3. The van der Waals surface area contributed by atoms with Crippen molar-refractivity contribution in [2.24, 2.45) is 11.7 Å². The van der Waals surface area contributed by atoms with Gasteiger partial charge in [0.2, 0.25) is 0 Å². The van der Waals surface area contributed by atoms with Crippen LogP contribution in [0.25, 0.3) is 0 Å². The van der Waals surface area contributed by atoms with Crippen molar-refractivity contribution >= 4 is 0 Å². The molecular weight excluding hydrogens is 170 g/mol. The van der Waals surface area contributed by atoms with Gasteiger partial charge in [-0.3, -0.25) is 0 Å². The molecule has 0 spiro atoms. The predicted octanol–water partition coefficient (Wildman–Crippen LogP) is 3.43. The van der Waals surface area contributed by atoms with Crippen LogP contribution in [0.5, 0.6) is 0 Å². The van der Waals surface area contributed by atoms with Gasteiger partial charge in [-0.15, -0.1) is 0 Å². The molecule has 14 heavy (non-hydrogen) atoms. The molecule has 0 radical (unpaired) electrons. The molecule has 0 aliphatic heterocycles. The van der Waals surface area contributed by atoms with Gasteiger partial charge in [-0.25, -0.2) is 0 Å². The molecule has 0 amide bonds. The Morgan fingerprint density at radius 2 is 1.79 bits per heavy atom. The van der Waals surface area contributed by atoms with E-state index in [0.29, 0.717) is 5.92 Å². The van der Waals surface area contributed by atoms with Gasteiger partial charge in [-0.1, -0.05) is 50.1 Å². The second kappa shape index (κ2) is 5.16. The topological polar surface area (TPSA) is 26.0 Å². The lowest BCUT2D eigenvalue weighted by Crippen LogP contribution is -2.18. The van der Waals surface area contributed by atoms with Crippen LogP contribution in [0.15, 0.2) is 24.3 Å². The van der Waals surface area contributed by atoms with E-state index in [-0.39, 0.29) is 6.04 Å². The summed E-state index contributed by atoms with van der Waals surface area (Å²) in [5.74, 6) is 0.572. The highest BCUT2D eigenvalue weighted by Gasteiger charge is 2.13. The molecule has 78 valence electrons. The summed E-state index contributed by atoms with van der Waals surface area (Å²) in [4.78, 5) is 0. The van der Waals surface area contributed by atoms with E-state index in [2.05, 4.69) is 45.0 Å². The van der Waals surface area contributed by atoms with Gasteiger partial charge in [0.1, 0.15) is 0 Å². The fraction of sp³-hybridized carbons (Fsp3) is 0.538. The van der Waals surface area contributed by atoms with Gasteiger partial charge in [-0.05, 0) is 24.8 Å². The van der Waals surface area contributed by atoms with Gasteiger partial charge in [-0.2, -0.15) is 0 Å². The molecule has 0 saturated heterocycles. The SMILES string of the molecule is CCCC(C)C(N)c1ccc(C)cc1. The Kier molecular flexibility index (Phi) is 4.15. The first-order valence-corrected chi connectivity index (χ1v) is 5.47. The van der Waals surface area contributed by atoms with E-state index < -0.39 is 0 Å². The quantitative estimate of drug-likeness (QED) is 0.775. The van der Waals surface area contributed by atoms with Crippen molar-refractivity contribution in [2.75, 3.05) is 0 Å². The number of hydrogen-bond donors (Lipinski definition) is 1. The molecule has 1 nitrogen and oxygen atoms in total. The fourth-order valence-corrected chi connectivity index (χ4v) is 1.75. The molecule has 0 aromatic heterocycles. The number of nitrogens with two attached hydrogens (primary N) is 1. The molecule has 0 heterocycles. The van der Waals surface area contributed by atoms with Crippen molar-refractivity contribution < 1.29 is 0 Å². The minimum atomic E-state index is 0.190. The number of aryl methyl sites for hydroxylation is 1. The Bertz CT molecular complexity index is 263. The lowest BCUT2D eigenvalue weighted by atomic mass is 9.91. The van der Waals surface area contributed by atoms with Crippen LogP contribution in [0.1, 0.15) is 43.9 Å². The smallest absolute Gasteiger partial charge is 0.0320 e. The number of rotatable bonds is 4. The maximum atomic E-state index is 6.17. The molecule has 0 fully saturated rings. The van der Waals surface area contributed by atoms with Crippen LogP contribution in [0.4, 0.5) is 0 Å². The third-order valence-corrected chi connectivity index (χ3v) is 2.82. The van der Waals surface area contributed by atoms with Crippen LogP contribution < -0.4 is 5.73 Å². The van der Waals surface area contributed by atoms with Crippen molar-refractivity contribution in [3.8, 4) is 0 Å². The Hall–Kier alpha value is -0.820. The zero-order valence-electron chi connectivity index (χ0n) is 9.46. The molecule has 0 saturated carbocycles. The van der Waals surface area contributed by atoms with Gasteiger partial charge < -0.3 is 5.73 Å². The van der Waals surface area contributed by atoms with Crippen LogP contribution >= 0.6 is 0 Å². The molecule has 2 atom stereocenters. The summed E-state index contributed by atoms with van der Waals surface area (Å²) in [6.45, 7) is 6.54. The Labute approximate surface area is 87.3 Å². The Morgan fingerprint density at radius 1 is 1.21 bits per heavy atom. The average molecular weight is 191 g/mol. The molecule has 1 aromatic rings. The largest absolute Gasteiger partial charge is 0.324 e. The summed E-state index contributed by atoms with van der Waals surface area (Å²) >= 11 is 0. The fourth-order valence-electron chi connectivity index (χ4n) is 1.75. The molecule has 0 aliphatic carbocycles. The van der Waals surface area contributed by atoms with Crippen molar-refractivity contribution in [3.05, 3.63) is 35.4 Å². The van der Waals surface area contributed by atoms with Crippen molar-refractivity contribution in [3.63, 3.8) is 0 Å². The monoisotopic (exact) mass is 191 g/mol. The highest BCUT2D eigenvalue weighted by Crippen LogP contribution is 2.23. The minimum Gasteiger partial charge on any atom is -0.324 e. The molecule has 2 N–H and O–H groups in total. The summed E-state index contributed by atoms with van der Waals surface area (Å²) in [7, 11) is 0. The lowest BCUT2D eigenvalue weighted by Gasteiger charge is -2.19. The van der Waals surface area contributed by atoms with E-state index in [9.17, 15) is 0 Å². The molecule has 1 aromatic carbocycles. The van der Waals surface area contributed by atoms with E-state index in [0.717, 1.165) is 0 Å². The minimum absolute atomic E-state index is 0.190. The average Bonchev–Trinajstić information content (AvgIpc) is 2.18. The molecule has 1 heteroatoms. The summed E-state index contributed by atoms with van der Waals surface area (Å²) in [6, 6.07) is 8.75. The highest BCUT2D eigenvalue weighted by molar-refractivity contribution is 5.24. The number of hydrogen-bond acceptors (Lipinski definition) is 1. The predicted molar refractivity (Wildman–Crippen MR) is 62.2 cm³/mol. The molecule has 1 rings (SSSR count). The van der Waals surface area contributed by atoms with E-state index >= 15 is 0 Å². The third kappa shape index (κ3) is 2.85. The van der Waals surface area contributed by atoms with E-state index in [1.54, 1.807) is 0 Å². The zero-order chi connectivity index (χ0) is 10.6. The molecule has 0 aliphatic rings. The van der Waals surface area contributed by atoms with Gasteiger partial charge in [0.25, 0.3) is 0 Å². The first kappa shape index (κ1) is 11.3. The van der Waals surface area contributed by atoms with Crippen molar-refractivity contribution in [1.82, 2.24) is 0 Å². The van der Waals surface area contributed by atoms with Crippen LogP contribution in [0.2, 0.25) is 0 Å².